The molecule has 2 heterocycles. The van der Waals surface area contributed by atoms with Gasteiger partial charge < -0.3 is 5.32 Å². The quantitative estimate of drug-likeness (QED) is 0.656. The SMILES string of the molecule is Cc1cc(C)cc(-n2ccnc2S[C@H](C)C(=O)NCc2cccs2)c1. The van der Waals surface area contributed by atoms with E-state index in [0.717, 1.165) is 15.7 Å². The van der Waals surface area contributed by atoms with E-state index in [2.05, 4.69) is 42.3 Å². The molecule has 0 aliphatic heterocycles. The van der Waals surface area contributed by atoms with E-state index < -0.39 is 0 Å². The van der Waals surface area contributed by atoms with E-state index in [1.807, 2.05) is 35.2 Å². The highest BCUT2D eigenvalue weighted by molar-refractivity contribution is 8.00. The Labute approximate surface area is 156 Å². The van der Waals surface area contributed by atoms with Gasteiger partial charge in [0.25, 0.3) is 0 Å². The predicted octanol–water partition coefficient (Wildman–Crippen LogP) is 4.35. The fourth-order valence-corrected chi connectivity index (χ4v) is 4.16. The Kier molecular flexibility index (Phi) is 5.60. The molecule has 3 rings (SSSR count). The second kappa shape index (κ2) is 7.89. The monoisotopic (exact) mass is 371 g/mol. The van der Waals surface area contributed by atoms with Crippen LogP contribution in [-0.4, -0.2) is 20.7 Å². The Balaban J connectivity index is 1.68. The van der Waals surface area contributed by atoms with Crippen molar-refractivity contribution in [2.24, 2.45) is 0 Å². The van der Waals surface area contributed by atoms with E-state index in [1.54, 1.807) is 17.5 Å². The van der Waals surface area contributed by atoms with Crippen LogP contribution < -0.4 is 5.32 Å². The van der Waals surface area contributed by atoms with Crippen molar-refractivity contribution in [3.8, 4) is 5.69 Å². The van der Waals surface area contributed by atoms with Gasteiger partial charge in [0.1, 0.15) is 0 Å². The highest BCUT2D eigenvalue weighted by atomic mass is 32.2. The molecule has 1 aromatic carbocycles. The normalized spacial score (nSPS) is 12.1. The fourth-order valence-electron chi connectivity index (χ4n) is 2.61. The van der Waals surface area contributed by atoms with E-state index in [4.69, 9.17) is 0 Å². The molecule has 6 heteroatoms. The second-order valence-electron chi connectivity index (χ2n) is 5.98. The van der Waals surface area contributed by atoms with Gasteiger partial charge in [-0.2, -0.15) is 0 Å². The molecular formula is C19H21N3OS2. The summed E-state index contributed by atoms with van der Waals surface area (Å²) in [6.07, 6.45) is 3.71. The third-order valence-electron chi connectivity index (χ3n) is 3.76. The zero-order valence-corrected chi connectivity index (χ0v) is 16.2. The van der Waals surface area contributed by atoms with Gasteiger partial charge in [-0.05, 0) is 55.5 Å². The number of aryl methyl sites for hydroxylation is 2. The first kappa shape index (κ1) is 17.8. The average Bonchev–Trinajstić information content (AvgIpc) is 3.23. The number of carbonyl (C=O) groups excluding carboxylic acids is 1. The highest BCUT2D eigenvalue weighted by Crippen LogP contribution is 2.25. The summed E-state index contributed by atoms with van der Waals surface area (Å²) in [5, 5.41) is 5.61. The third kappa shape index (κ3) is 4.52. The molecule has 2 aromatic heterocycles. The number of thioether (sulfide) groups is 1. The molecule has 1 amide bonds. The lowest BCUT2D eigenvalue weighted by molar-refractivity contribution is -0.120. The Morgan fingerprint density at radius 1 is 1.32 bits per heavy atom. The van der Waals surface area contributed by atoms with Gasteiger partial charge in [0.05, 0.1) is 11.8 Å². The number of amides is 1. The molecule has 1 atom stereocenters. The van der Waals surface area contributed by atoms with Crippen LogP contribution in [0.3, 0.4) is 0 Å². The van der Waals surface area contributed by atoms with E-state index in [1.165, 1.54) is 22.9 Å². The standard InChI is InChI=1S/C19H21N3OS2/c1-13-9-14(2)11-16(10-13)22-7-6-20-19(22)25-15(3)18(23)21-12-17-5-4-8-24-17/h4-11,15H,12H2,1-3H3,(H,21,23)/t15-/m1/s1. The molecular weight excluding hydrogens is 350 g/mol. The van der Waals surface area contributed by atoms with Gasteiger partial charge in [0, 0.05) is 23.0 Å². The highest BCUT2D eigenvalue weighted by Gasteiger charge is 2.17. The minimum Gasteiger partial charge on any atom is -0.350 e. The maximum Gasteiger partial charge on any atom is 0.233 e. The lowest BCUT2D eigenvalue weighted by atomic mass is 10.1. The number of rotatable bonds is 6. The van der Waals surface area contributed by atoms with Crippen molar-refractivity contribution in [1.82, 2.24) is 14.9 Å². The molecule has 130 valence electrons. The summed E-state index contributed by atoms with van der Waals surface area (Å²) in [5.41, 5.74) is 3.49. The van der Waals surface area contributed by atoms with Crippen molar-refractivity contribution < 1.29 is 4.79 Å². The van der Waals surface area contributed by atoms with Crippen molar-refractivity contribution in [1.29, 1.82) is 0 Å². The van der Waals surface area contributed by atoms with Crippen LogP contribution in [0.15, 0.2) is 53.3 Å². The zero-order chi connectivity index (χ0) is 17.8. The first-order valence-corrected chi connectivity index (χ1v) is 9.87. The number of thiophene rings is 1. The molecule has 0 unspecified atom stereocenters. The summed E-state index contributed by atoms with van der Waals surface area (Å²) >= 11 is 3.12. The summed E-state index contributed by atoms with van der Waals surface area (Å²) in [5.74, 6) is 0.0216. The summed E-state index contributed by atoms with van der Waals surface area (Å²) in [6.45, 7) is 6.66. The number of hydrogen-bond donors (Lipinski definition) is 1. The number of nitrogens with one attached hydrogen (secondary N) is 1. The van der Waals surface area contributed by atoms with Crippen LogP contribution in [0.2, 0.25) is 0 Å². The Bertz CT molecular complexity index is 835. The molecule has 0 fully saturated rings. The van der Waals surface area contributed by atoms with Gasteiger partial charge in [-0.25, -0.2) is 4.98 Å². The molecule has 0 bridgehead atoms. The van der Waals surface area contributed by atoms with Gasteiger partial charge in [0.15, 0.2) is 5.16 Å². The van der Waals surface area contributed by atoms with Crippen LogP contribution in [0.4, 0.5) is 0 Å². The molecule has 4 nitrogen and oxygen atoms in total. The lowest BCUT2D eigenvalue weighted by Crippen LogP contribution is -2.30. The van der Waals surface area contributed by atoms with Crippen molar-refractivity contribution in [2.75, 3.05) is 0 Å². The van der Waals surface area contributed by atoms with Crippen LogP contribution in [0.25, 0.3) is 5.69 Å². The molecule has 0 saturated carbocycles. The van der Waals surface area contributed by atoms with Crippen molar-refractivity contribution in [3.63, 3.8) is 0 Å². The first-order valence-electron chi connectivity index (χ1n) is 8.11. The molecule has 1 N–H and O–H groups in total. The molecule has 0 aliphatic rings. The summed E-state index contributed by atoms with van der Waals surface area (Å²) in [7, 11) is 0. The van der Waals surface area contributed by atoms with Gasteiger partial charge in [0.2, 0.25) is 5.91 Å². The number of imidazole rings is 1. The third-order valence-corrected chi connectivity index (χ3v) is 5.72. The van der Waals surface area contributed by atoms with Crippen LogP contribution in [0.1, 0.15) is 22.9 Å². The predicted molar refractivity (Wildman–Crippen MR) is 105 cm³/mol. The number of benzene rings is 1. The topological polar surface area (TPSA) is 46.9 Å². The van der Waals surface area contributed by atoms with E-state index in [-0.39, 0.29) is 11.2 Å². The zero-order valence-electron chi connectivity index (χ0n) is 14.5. The van der Waals surface area contributed by atoms with Gasteiger partial charge in [-0.15, -0.1) is 11.3 Å². The summed E-state index contributed by atoms with van der Waals surface area (Å²) in [6, 6.07) is 10.4. The van der Waals surface area contributed by atoms with Gasteiger partial charge in [-0.3, -0.25) is 9.36 Å². The Morgan fingerprint density at radius 2 is 2.08 bits per heavy atom. The largest absolute Gasteiger partial charge is 0.350 e. The Hall–Kier alpha value is -2.05. The molecule has 0 radical (unpaired) electrons. The smallest absolute Gasteiger partial charge is 0.233 e. The average molecular weight is 372 g/mol. The van der Waals surface area contributed by atoms with Crippen molar-refractivity contribution in [3.05, 3.63) is 64.1 Å². The van der Waals surface area contributed by atoms with Crippen LogP contribution in [0, 0.1) is 13.8 Å². The van der Waals surface area contributed by atoms with Crippen LogP contribution in [-0.2, 0) is 11.3 Å². The van der Waals surface area contributed by atoms with Crippen LogP contribution >= 0.6 is 23.1 Å². The number of carbonyl (C=O) groups is 1. The fraction of sp³-hybridized carbons (Fsp3) is 0.263. The van der Waals surface area contributed by atoms with Crippen LogP contribution in [0.5, 0.6) is 0 Å². The summed E-state index contributed by atoms with van der Waals surface area (Å²) in [4.78, 5) is 17.9. The lowest BCUT2D eigenvalue weighted by Gasteiger charge is -2.13. The van der Waals surface area contributed by atoms with E-state index >= 15 is 0 Å². The van der Waals surface area contributed by atoms with Crippen molar-refractivity contribution in [2.45, 2.75) is 37.7 Å². The number of hydrogen-bond acceptors (Lipinski definition) is 4. The molecule has 0 aliphatic carbocycles. The minimum atomic E-state index is -0.216. The van der Waals surface area contributed by atoms with Gasteiger partial charge >= 0.3 is 0 Å². The summed E-state index contributed by atoms with van der Waals surface area (Å²) < 4.78 is 2.04. The maximum atomic E-state index is 12.4. The van der Waals surface area contributed by atoms with E-state index in [9.17, 15) is 4.79 Å². The molecule has 25 heavy (non-hydrogen) atoms. The van der Waals surface area contributed by atoms with Gasteiger partial charge in [-0.1, -0.05) is 23.9 Å². The number of nitrogens with zero attached hydrogens (tertiary/aromatic N) is 2. The molecule has 0 spiro atoms. The Morgan fingerprint density at radius 3 is 2.76 bits per heavy atom. The first-order chi connectivity index (χ1) is 12.0. The number of aromatic nitrogens is 2. The maximum absolute atomic E-state index is 12.4. The molecule has 0 saturated heterocycles. The molecule has 3 aromatic rings. The van der Waals surface area contributed by atoms with Crippen molar-refractivity contribution >= 4 is 29.0 Å². The van der Waals surface area contributed by atoms with E-state index in [0.29, 0.717) is 6.54 Å². The second-order valence-corrected chi connectivity index (χ2v) is 8.32. The minimum absolute atomic E-state index is 0.0216.